The van der Waals surface area contributed by atoms with Crippen molar-refractivity contribution in [3.8, 4) is 0 Å². The normalized spacial score (nSPS) is 11.2. The van der Waals surface area contributed by atoms with Crippen molar-refractivity contribution in [3.63, 3.8) is 0 Å². The van der Waals surface area contributed by atoms with Gasteiger partial charge >= 0.3 is 0 Å². The average Bonchev–Trinajstić information content (AvgIpc) is 2.92. The van der Waals surface area contributed by atoms with Crippen LogP contribution in [0.3, 0.4) is 0 Å². The van der Waals surface area contributed by atoms with Gasteiger partial charge in [-0.3, -0.25) is 9.52 Å². The van der Waals surface area contributed by atoms with Crippen LogP contribution in [0.25, 0.3) is 0 Å². The molecular formula is C14H15NO4S. The van der Waals surface area contributed by atoms with Crippen LogP contribution in [0.1, 0.15) is 29.5 Å². The Morgan fingerprint density at radius 1 is 1.20 bits per heavy atom. The molecule has 0 atom stereocenters. The number of ketones is 1. The molecule has 0 radical (unpaired) electrons. The van der Waals surface area contributed by atoms with Crippen LogP contribution in [-0.4, -0.2) is 20.0 Å². The third-order valence-corrected chi connectivity index (χ3v) is 4.13. The number of anilines is 1. The molecule has 0 aliphatic heterocycles. The van der Waals surface area contributed by atoms with Crippen LogP contribution in [0.5, 0.6) is 0 Å². The van der Waals surface area contributed by atoms with Gasteiger partial charge in [-0.1, -0.05) is 6.92 Å². The SMILES string of the molecule is CCCS(=O)(=O)Nc1ccc(C(=O)c2ccco2)cc1. The highest BCUT2D eigenvalue weighted by molar-refractivity contribution is 7.92. The fourth-order valence-electron chi connectivity index (χ4n) is 1.74. The molecule has 1 N–H and O–H groups in total. The summed E-state index contributed by atoms with van der Waals surface area (Å²) in [6.45, 7) is 1.80. The van der Waals surface area contributed by atoms with E-state index in [2.05, 4.69) is 4.72 Å². The first-order valence-corrected chi connectivity index (χ1v) is 7.86. The van der Waals surface area contributed by atoms with Gasteiger partial charge < -0.3 is 4.42 Å². The van der Waals surface area contributed by atoms with E-state index in [1.165, 1.54) is 6.26 Å². The summed E-state index contributed by atoms with van der Waals surface area (Å²) < 4.78 is 30.7. The molecule has 1 heterocycles. The summed E-state index contributed by atoms with van der Waals surface area (Å²) >= 11 is 0. The standard InChI is InChI=1S/C14H15NO4S/c1-2-10-20(17,18)15-12-7-5-11(6-8-12)14(16)13-4-3-9-19-13/h3-9,15H,2,10H2,1H3. The topological polar surface area (TPSA) is 76.4 Å². The van der Waals surface area contributed by atoms with Gasteiger partial charge in [-0.2, -0.15) is 0 Å². The molecule has 6 heteroatoms. The number of benzene rings is 1. The molecule has 0 fully saturated rings. The molecule has 0 spiro atoms. The Balaban J connectivity index is 2.13. The smallest absolute Gasteiger partial charge is 0.232 e. The highest BCUT2D eigenvalue weighted by atomic mass is 32.2. The minimum atomic E-state index is -3.31. The number of carbonyl (C=O) groups excluding carboxylic acids is 1. The first-order valence-electron chi connectivity index (χ1n) is 6.20. The maximum atomic E-state index is 12.0. The summed E-state index contributed by atoms with van der Waals surface area (Å²) in [5, 5.41) is 0. The van der Waals surface area contributed by atoms with Gasteiger partial charge in [0.05, 0.1) is 12.0 Å². The molecular weight excluding hydrogens is 278 g/mol. The van der Waals surface area contributed by atoms with Gasteiger partial charge in [0, 0.05) is 11.3 Å². The fourth-order valence-corrected chi connectivity index (χ4v) is 2.87. The van der Waals surface area contributed by atoms with Crippen molar-refractivity contribution in [1.82, 2.24) is 0 Å². The predicted octanol–water partition coefficient (Wildman–Crippen LogP) is 2.66. The molecule has 106 valence electrons. The fraction of sp³-hybridized carbons (Fsp3) is 0.214. The van der Waals surface area contributed by atoms with Gasteiger partial charge in [-0.15, -0.1) is 0 Å². The van der Waals surface area contributed by atoms with E-state index in [0.29, 0.717) is 17.7 Å². The second-order valence-corrected chi connectivity index (χ2v) is 6.15. The summed E-state index contributed by atoms with van der Waals surface area (Å²) in [6.07, 6.45) is 1.98. The Morgan fingerprint density at radius 3 is 2.45 bits per heavy atom. The van der Waals surface area contributed by atoms with Crippen LogP contribution in [0, 0.1) is 0 Å². The van der Waals surface area contributed by atoms with Gasteiger partial charge in [0.2, 0.25) is 15.8 Å². The van der Waals surface area contributed by atoms with Gasteiger partial charge in [0.25, 0.3) is 0 Å². The van der Waals surface area contributed by atoms with Crippen LogP contribution >= 0.6 is 0 Å². The lowest BCUT2D eigenvalue weighted by Crippen LogP contribution is -2.16. The number of carbonyl (C=O) groups is 1. The van der Waals surface area contributed by atoms with Gasteiger partial charge in [0.15, 0.2) is 5.76 Å². The highest BCUT2D eigenvalue weighted by Crippen LogP contribution is 2.15. The molecule has 0 bridgehead atoms. The van der Waals surface area contributed by atoms with Crippen LogP contribution in [0.2, 0.25) is 0 Å². The number of hydrogen-bond donors (Lipinski definition) is 1. The maximum Gasteiger partial charge on any atom is 0.232 e. The Bertz CT molecular complexity index is 672. The lowest BCUT2D eigenvalue weighted by molar-refractivity contribution is 0.101. The molecule has 0 aliphatic rings. The van der Waals surface area contributed by atoms with Crippen LogP contribution in [-0.2, 0) is 10.0 Å². The molecule has 2 rings (SSSR count). The number of sulfonamides is 1. The van der Waals surface area contributed by atoms with Crippen molar-refractivity contribution >= 4 is 21.5 Å². The molecule has 1 aromatic carbocycles. The monoisotopic (exact) mass is 293 g/mol. The summed E-state index contributed by atoms with van der Waals surface area (Å²) in [7, 11) is -3.31. The van der Waals surface area contributed by atoms with Crippen molar-refractivity contribution in [1.29, 1.82) is 0 Å². The van der Waals surface area contributed by atoms with Crippen molar-refractivity contribution in [3.05, 3.63) is 54.0 Å². The second-order valence-electron chi connectivity index (χ2n) is 4.30. The molecule has 0 aliphatic carbocycles. The van der Waals surface area contributed by atoms with E-state index in [1.807, 2.05) is 0 Å². The zero-order valence-electron chi connectivity index (χ0n) is 11.0. The van der Waals surface area contributed by atoms with Gasteiger partial charge in [-0.25, -0.2) is 8.42 Å². The molecule has 0 saturated heterocycles. The molecule has 0 saturated carbocycles. The van der Waals surface area contributed by atoms with E-state index in [4.69, 9.17) is 4.42 Å². The molecule has 1 aromatic heterocycles. The van der Waals surface area contributed by atoms with E-state index in [9.17, 15) is 13.2 Å². The summed E-state index contributed by atoms with van der Waals surface area (Å²) in [5.74, 6) is 0.0855. The Morgan fingerprint density at radius 2 is 1.90 bits per heavy atom. The van der Waals surface area contributed by atoms with Crippen LogP contribution < -0.4 is 4.72 Å². The Kier molecular flexibility index (Phi) is 4.24. The number of hydrogen-bond acceptors (Lipinski definition) is 4. The summed E-state index contributed by atoms with van der Waals surface area (Å²) in [6, 6.07) is 9.47. The average molecular weight is 293 g/mol. The van der Waals surface area contributed by atoms with E-state index >= 15 is 0 Å². The molecule has 5 nitrogen and oxygen atoms in total. The largest absolute Gasteiger partial charge is 0.461 e. The quantitative estimate of drug-likeness (QED) is 0.831. The second kappa shape index (κ2) is 5.92. The summed E-state index contributed by atoms with van der Waals surface area (Å²) in [4.78, 5) is 12.0. The van der Waals surface area contributed by atoms with Crippen molar-refractivity contribution in [2.75, 3.05) is 10.5 Å². The van der Waals surface area contributed by atoms with E-state index in [0.717, 1.165) is 0 Å². The number of rotatable bonds is 6. The van der Waals surface area contributed by atoms with E-state index in [1.54, 1.807) is 43.3 Å². The van der Waals surface area contributed by atoms with Gasteiger partial charge in [0.1, 0.15) is 0 Å². The van der Waals surface area contributed by atoms with E-state index < -0.39 is 10.0 Å². The maximum absolute atomic E-state index is 12.0. The summed E-state index contributed by atoms with van der Waals surface area (Å²) in [5.41, 5.74) is 0.882. The third-order valence-electron chi connectivity index (χ3n) is 2.64. The zero-order chi connectivity index (χ0) is 14.6. The minimum Gasteiger partial charge on any atom is -0.461 e. The zero-order valence-corrected chi connectivity index (χ0v) is 11.8. The number of nitrogens with one attached hydrogen (secondary N) is 1. The first-order chi connectivity index (χ1) is 9.52. The Hall–Kier alpha value is -2.08. The minimum absolute atomic E-state index is 0.0695. The number of furan rings is 1. The van der Waals surface area contributed by atoms with Crippen LogP contribution in [0.15, 0.2) is 47.1 Å². The molecule has 0 unspecified atom stereocenters. The first kappa shape index (κ1) is 14.3. The van der Waals surface area contributed by atoms with Gasteiger partial charge in [-0.05, 0) is 42.8 Å². The predicted molar refractivity (Wildman–Crippen MR) is 76.3 cm³/mol. The Labute approximate surface area is 117 Å². The van der Waals surface area contributed by atoms with Crippen molar-refractivity contribution in [2.45, 2.75) is 13.3 Å². The van der Waals surface area contributed by atoms with E-state index in [-0.39, 0.29) is 17.3 Å². The lowest BCUT2D eigenvalue weighted by atomic mass is 10.1. The van der Waals surface area contributed by atoms with Crippen molar-refractivity contribution < 1.29 is 17.6 Å². The molecule has 20 heavy (non-hydrogen) atoms. The third kappa shape index (κ3) is 3.48. The van der Waals surface area contributed by atoms with Crippen LogP contribution in [0.4, 0.5) is 5.69 Å². The highest BCUT2D eigenvalue weighted by Gasteiger charge is 2.13. The lowest BCUT2D eigenvalue weighted by Gasteiger charge is -2.07. The van der Waals surface area contributed by atoms with Crippen molar-refractivity contribution in [2.24, 2.45) is 0 Å². The molecule has 2 aromatic rings. The molecule has 0 amide bonds.